The van der Waals surface area contributed by atoms with E-state index in [-0.39, 0.29) is 15.8 Å². The number of anilines is 1. The molecule has 0 saturated heterocycles. The van der Waals surface area contributed by atoms with Gasteiger partial charge in [-0.3, -0.25) is 4.72 Å². The van der Waals surface area contributed by atoms with Gasteiger partial charge in [0.2, 0.25) is 11.8 Å². The highest BCUT2D eigenvalue weighted by atomic mass is 79.9. The highest BCUT2D eigenvalue weighted by molar-refractivity contribution is 9.10. The highest BCUT2D eigenvalue weighted by Crippen LogP contribution is 2.30. The van der Waals surface area contributed by atoms with Crippen LogP contribution in [0, 0.1) is 5.82 Å². The largest absolute Gasteiger partial charge is 0.421 e. The molecule has 1 N–H and O–H groups in total. The van der Waals surface area contributed by atoms with E-state index in [1.54, 1.807) is 11.4 Å². The molecule has 0 amide bonds. The fourth-order valence-electron chi connectivity index (χ4n) is 1.85. The van der Waals surface area contributed by atoms with E-state index in [9.17, 15) is 12.8 Å². The van der Waals surface area contributed by atoms with Gasteiger partial charge in [-0.2, -0.15) is 0 Å². The summed E-state index contributed by atoms with van der Waals surface area (Å²) in [6.45, 7) is 1.87. The zero-order valence-electron chi connectivity index (χ0n) is 12.3. The van der Waals surface area contributed by atoms with Gasteiger partial charge in [-0.05, 0) is 24.3 Å². The number of thiophene rings is 1. The Morgan fingerprint density at radius 2 is 2.12 bits per heavy atom. The van der Waals surface area contributed by atoms with Crippen molar-refractivity contribution >= 4 is 43.0 Å². The molecule has 0 unspecified atom stereocenters. The zero-order chi connectivity index (χ0) is 17.3. The van der Waals surface area contributed by atoms with Crippen LogP contribution in [0.4, 0.5) is 10.1 Å². The van der Waals surface area contributed by atoms with Crippen molar-refractivity contribution < 1.29 is 17.2 Å². The molecule has 2 aromatic heterocycles. The van der Waals surface area contributed by atoms with E-state index in [0.29, 0.717) is 22.3 Å². The van der Waals surface area contributed by atoms with Crippen LogP contribution in [-0.4, -0.2) is 18.6 Å². The Labute approximate surface area is 149 Å². The maximum absolute atomic E-state index is 13.8. The molecular weight excluding hydrogens is 421 g/mol. The number of nitrogens with one attached hydrogen (secondary N) is 1. The molecule has 10 heteroatoms. The molecule has 24 heavy (non-hydrogen) atoms. The van der Waals surface area contributed by atoms with Crippen molar-refractivity contribution in [3.63, 3.8) is 0 Å². The predicted octanol–water partition coefficient (Wildman–Crippen LogP) is 4.06. The van der Waals surface area contributed by atoms with Gasteiger partial charge >= 0.3 is 0 Å². The van der Waals surface area contributed by atoms with Crippen molar-refractivity contribution in [1.82, 2.24) is 10.2 Å². The van der Waals surface area contributed by atoms with E-state index in [2.05, 4.69) is 30.8 Å². The number of sulfonamides is 1. The molecular formula is C14H11BrFN3O3S2. The number of hydrogen-bond acceptors (Lipinski definition) is 6. The van der Waals surface area contributed by atoms with Crippen molar-refractivity contribution in [2.45, 2.75) is 17.6 Å². The Bertz CT molecular complexity index is 985. The highest BCUT2D eigenvalue weighted by Gasteiger charge is 2.20. The lowest BCUT2D eigenvalue weighted by molar-refractivity contribution is 0.513. The number of nitrogens with zero attached hydrogens (tertiary/aromatic N) is 2. The second-order valence-corrected chi connectivity index (χ2v) is 8.47. The van der Waals surface area contributed by atoms with Gasteiger partial charge in [0.25, 0.3) is 10.0 Å². The molecule has 0 radical (unpaired) electrons. The van der Waals surface area contributed by atoms with Gasteiger partial charge in [0.05, 0.1) is 11.3 Å². The second-order valence-electron chi connectivity index (χ2n) is 4.74. The standard InChI is InChI=1S/C14H11BrFN3O3S2/c1-2-12-17-18-14(22-12)8-5-13(23-7-8)24(20,21)19-11-4-3-9(15)6-10(11)16/h3-7,19H,2H2,1H3. The molecule has 2 heterocycles. The van der Waals surface area contributed by atoms with Gasteiger partial charge < -0.3 is 4.42 Å². The number of halogens is 2. The summed E-state index contributed by atoms with van der Waals surface area (Å²) >= 11 is 4.11. The molecule has 0 bridgehead atoms. The summed E-state index contributed by atoms with van der Waals surface area (Å²) in [5, 5.41) is 9.31. The minimum atomic E-state index is -3.91. The van der Waals surface area contributed by atoms with Gasteiger partial charge in [0, 0.05) is 16.3 Å². The molecule has 0 saturated carbocycles. The summed E-state index contributed by atoms with van der Waals surface area (Å²) < 4.78 is 46.8. The molecule has 0 aliphatic heterocycles. The van der Waals surface area contributed by atoms with Gasteiger partial charge in [-0.1, -0.05) is 22.9 Å². The lowest BCUT2D eigenvalue weighted by Gasteiger charge is -2.07. The maximum Gasteiger partial charge on any atom is 0.271 e. The van der Waals surface area contributed by atoms with Gasteiger partial charge in [-0.25, -0.2) is 12.8 Å². The van der Waals surface area contributed by atoms with E-state index in [0.717, 1.165) is 11.3 Å². The second kappa shape index (κ2) is 6.61. The molecule has 0 spiro atoms. The van der Waals surface area contributed by atoms with Crippen LogP contribution in [0.5, 0.6) is 0 Å². The number of benzene rings is 1. The molecule has 0 fully saturated rings. The third-order valence-electron chi connectivity index (χ3n) is 3.03. The number of hydrogen-bond donors (Lipinski definition) is 1. The fourth-order valence-corrected chi connectivity index (χ4v) is 4.40. The lowest BCUT2D eigenvalue weighted by atomic mass is 10.3. The number of aryl methyl sites for hydroxylation is 1. The van der Waals surface area contributed by atoms with E-state index in [1.165, 1.54) is 18.2 Å². The molecule has 3 rings (SSSR count). The topological polar surface area (TPSA) is 85.1 Å². The first-order valence-electron chi connectivity index (χ1n) is 6.78. The Balaban J connectivity index is 1.87. The van der Waals surface area contributed by atoms with E-state index >= 15 is 0 Å². The Morgan fingerprint density at radius 1 is 1.33 bits per heavy atom. The van der Waals surface area contributed by atoms with Crippen LogP contribution >= 0.6 is 27.3 Å². The Kier molecular flexibility index (Phi) is 4.70. The van der Waals surface area contributed by atoms with E-state index in [1.807, 2.05) is 6.92 Å². The van der Waals surface area contributed by atoms with Crippen LogP contribution in [0.2, 0.25) is 0 Å². The molecule has 0 aliphatic carbocycles. The van der Waals surface area contributed by atoms with Crippen molar-refractivity contribution in [1.29, 1.82) is 0 Å². The van der Waals surface area contributed by atoms with Crippen LogP contribution in [0.3, 0.4) is 0 Å². The summed E-state index contributed by atoms with van der Waals surface area (Å²) in [5.41, 5.74) is 0.378. The van der Waals surface area contributed by atoms with Crippen LogP contribution < -0.4 is 4.72 Å². The van der Waals surface area contributed by atoms with Crippen LogP contribution in [0.25, 0.3) is 11.5 Å². The minimum Gasteiger partial charge on any atom is -0.421 e. The fraction of sp³-hybridized carbons (Fsp3) is 0.143. The lowest BCUT2D eigenvalue weighted by Crippen LogP contribution is -2.12. The molecule has 6 nitrogen and oxygen atoms in total. The normalized spacial score (nSPS) is 11.6. The smallest absolute Gasteiger partial charge is 0.271 e. The van der Waals surface area contributed by atoms with Crippen molar-refractivity contribution in [3.05, 3.63) is 45.8 Å². The maximum atomic E-state index is 13.8. The molecule has 126 valence electrons. The summed E-state index contributed by atoms with van der Waals surface area (Å²) in [6.07, 6.45) is 0.590. The Morgan fingerprint density at radius 3 is 2.79 bits per heavy atom. The summed E-state index contributed by atoms with van der Waals surface area (Å²) in [6, 6.07) is 5.49. The molecule has 3 aromatic rings. The van der Waals surface area contributed by atoms with Crippen LogP contribution in [0.15, 0.2) is 42.7 Å². The molecule has 1 aromatic carbocycles. The van der Waals surface area contributed by atoms with Crippen molar-refractivity contribution in [3.8, 4) is 11.5 Å². The Hall–Kier alpha value is -1.78. The third kappa shape index (κ3) is 3.50. The van der Waals surface area contributed by atoms with E-state index in [4.69, 9.17) is 4.42 Å². The number of rotatable bonds is 5. The predicted molar refractivity (Wildman–Crippen MR) is 91.9 cm³/mol. The van der Waals surface area contributed by atoms with Crippen molar-refractivity contribution in [2.75, 3.05) is 4.72 Å². The van der Waals surface area contributed by atoms with E-state index < -0.39 is 15.8 Å². The summed E-state index contributed by atoms with van der Waals surface area (Å²) in [4.78, 5) is 0. The third-order valence-corrected chi connectivity index (χ3v) is 6.33. The average molecular weight is 432 g/mol. The molecule has 0 aliphatic rings. The first-order valence-corrected chi connectivity index (χ1v) is 9.94. The summed E-state index contributed by atoms with van der Waals surface area (Å²) in [5.74, 6) is 0.0456. The quantitative estimate of drug-likeness (QED) is 0.657. The summed E-state index contributed by atoms with van der Waals surface area (Å²) in [7, 11) is -3.91. The van der Waals surface area contributed by atoms with Crippen LogP contribution in [-0.2, 0) is 16.4 Å². The SMILES string of the molecule is CCc1nnc(-c2csc(S(=O)(=O)Nc3ccc(Br)cc3F)c2)o1. The van der Waals surface area contributed by atoms with Crippen molar-refractivity contribution in [2.24, 2.45) is 0 Å². The van der Waals surface area contributed by atoms with Gasteiger partial charge in [0.1, 0.15) is 10.0 Å². The first-order chi connectivity index (χ1) is 11.4. The van der Waals surface area contributed by atoms with Crippen LogP contribution in [0.1, 0.15) is 12.8 Å². The van der Waals surface area contributed by atoms with Gasteiger partial charge in [0.15, 0.2) is 0 Å². The zero-order valence-corrected chi connectivity index (χ0v) is 15.5. The van der Waals surface area contributed by atoms with Gasteiger partial charge in [-0.15, -0.1) is 21.5 Å². The monoisotopic (exact) mass is 431 g/mol. The number of aromatic nitrogens is 2. The average Bonchev–Trinajstić information content (AvgIpc) is 3.18. The minimum absolute atomic E-state index is 0.0241. The molecule has 0 atom stereocenters. The first kappa shape index (κ1) is 17.1.